The van der Waals surface area contributed by atoms with Crippen LogP contribution in [0.5, 0.6) is 0 Å². The van der Waals surface area contributed by atoms with Crippen LogP contribution >= 0.6 is 0 Å². The second-order valence-corrected chi connectivity index (χ2v) is 6.07. The molecule has 1 aromatic heterocycles. The first-order valence-corrected chi connectivity index (χ1v) is 7.35. The predicted molar refractivity (Wildman–Crippen MR) is 74.9 cm³/mol. The molecule has 0 bridgehead atoms. The largest absolute Gasteiger partial charge is 0.475 e. The van der Waals surface area contributed by atoms with E-state index in [1.54, 1.807) is 6.07 Å². The van der Waals surface area contributed by atoms with Crippen LogP contribution in [0.2, 0.25) is 0 Å². The Morgan fingerprint density at radius 3 is 3.00 bits per heavy atom. The van der Waals surface area contributed by atoms with E-state index < -0.39 is 5.97 Å². The van der Waals surface area contributed by atoms with Gasteiger partial charge in [-0.1, -0.05) is 0 Å². The van der Waals surface area contributed by atoms with E-state index in [0.717, 1.165) is 31.0 Å². The first-order chi connectivity index (χ1) is 9.54. The van der Waals surface area contributed by atoms with Crippen molar-refractivity contribution in [3.8, 4) is 0 Å². The molecule has 3 heterocycles. The fourth-order valence-corrected chi connectivity index (χ4v) is 3.47. The zero-order valence-electron chi connectivity index (χ0n) is 12.1. The highest BCUT2D eigenvalue weighted by molar-refractivity contribution is 5.84. The second kappa shape index (κ2) is 5.22. The topological polar surface area (TPSA) is 56.9 Å². The number of hydrogen-bond acceptors (Lipinski definition) is 4. The van der Waals surface area contributed by atoms with Gasteiger partial charge in [-0.2, -0.15) is 0 Å². The summed E-state index contributed by atoms with van der Waals surface area (Å²) in [5, 5.41) is 8.99. The van der Waals surface area contributed by atoms with Gasteiger partial charge in [0.15, 0.2) is 0 Å². The van der Waals surface area contributed by atoms with Crippen molar-refractivity contribution in [1.82, 2.24) is 9.80 Å². The van der Waals surface area contributed by atoms with Crippen LogP contribution in [-0.2, 0) is 6.54 Å². The van der Waals surface area contributed by atoms with Crippen molar-refractivity contribution in [3.63, 3.8) is 0 Å². The molecule has 0 saturated carbocycles. The van der Waals surface area contributed by atoms with Crippen LogP contribution in [0.4, 0.5) is 0 Å². The Bertz CT molecular complexity index is 511. The van der Waals surface area contributed by atoms with Crippen LogP contribution in [0.25, 0.3) is 0 Å². The highest BCUT2D eigenvalue weighted by Gasteiger charge is 2.34. The minimum atomic E-state index is -0.993. The number of aromatic carboxylic acids is 1. The Labute approximate surface area is 119 Å². The lowest BCUT2D eigenvalue weighted by Gasteiger charge is -2.42. The van der Waals surface area contributed by atoms with Gasteiger partial charge in [-0.15, -0.1) is 0 Å². The van der Waals surface area contributed by atoms with Gasteiger partial charge in [0, 0.05) is 37.3 Å². The molecular formula is C15H22N2O3. The number of hydrogen-bond donors (Lipinski definition) is 1. The van der Waals surface area contributed by atoms with Crippen LogP contribution in [-0.4, -0.2) is 52.6 Å². The first-order valence-electron chi connectivity index (χ1n) is 7.35. The van der Waals surface area contributed by atoms with Crippen molar-refractivity contribution < 1.29 is 14.3 Å². The number of fused-ring (bicyclic) bond motifs is 1. The Morgan fingerprint density at radius 1 is 1.50 bits per heavy atom. The average Bonchev–Trinajstić information content (AvgIpc) is 2.97. The van der Waals surface area contributed by atoms with Gasteiger partial charge in [0.25, 0.3) is 0 Å². The third kappa shape index (κ3) is 2.47. The highest BCUT2D eigenvalue weighted by Crippen LogP contribution is 2.27. The number of furan rings is 1. The Hall–Kier alpha value is -1.33. The maximum absolute atomic E-state index is 11.0. The van der Waals surface area contributed by atoms with Gasteiger partial charge in [-0.05, 0) is 39.3 Å². The van der Waals surface area contributed by atoms with E-state index >= 15 is 0 Å². The molecule has 0 aromatic carbocycles. The SMILES string of the molecule is Cc1oc(C(=O)O)cc1CN1CC2CCCN2CC1C. The molecule has 5 nitrogen and oxygen atoms in total. The number of nitrogens with zero attached hydrogens (tertiary/aromatic N) is 2. The zero-order valence-corrected chi connectivity index (χ0v) is 12.1. The summed E-state index contributed by atoms with van der Waals surface area (Å²) in [6.45, 7) is 8.31. The van der Waals surface area contributed by atoms with E-state index in [9.17, 15) is 4.79 Å². The fourth-order valence-electron chi connectivity index (χ4n) is 3.47. The van der Waals surface area contributed by atoms with Crippen molar-refractivity contribution in [2.45, 2.75) is 45.3 Å². The zero-order chi connectivity index (χ0) is 14.3. The van der Waals surface area contributed by atoms with Crippen LogP contribution in [0.1, 0.15) is 41.6 Å². The monoisotopic (exact) mass is 278 g/mol. The van der Waals surface area contributed by atoms with Crippen molar-refractivity contribution in [3.05, 3.63) is 23.2 Å². The van der Waals surface area contributed by atoms with E-state index in [1.807, 2.05) is 6.92 Å². The Morgan fingerprint density at radius 2 is 2.30 bits per heavy atom. The number of aryl methyl sites for hydroxylation is 1. The lowest BCUT2D eigenvalue weighted by Crippen LogP contribution is -2.54. The summed E-state index contributed by atoms with van der Waals surface area (Å²) in [5.41, 5.74) is 1.00. The molecule has 2 saturated heterocycles. The Kier molecular flexibility index (Phi) is 3.56. The fraction of sp³-hybridized carbons (Fsp3) is 0.667. The third-order valence-corrected chi connectivity index (χ3v) is 4.67. The standard InChI is InChI=1S/C15H22N2O3/c1-10-7-16-5-3-4-13(16)9-17(10)8-12-6-14(15(18)19)20-11(12)2/h6,10,13H,3-5,7-9H2,1-2H3,(H,18,19). The third-order valence-electron chi connectivity index (χ3n) is 4.67. The van der Waals surface area contributed by atoms with Crippen molar-refractivity contribution >= 4 is 5.97 Å². The molecule has 2 unspecified atom stereocenters. The molecule has 2 aliphatic rings. The molecule has 0 aliphatic carbocycles. The van der Waals surface area contributed by atoms with Gasteiger partial charge < -0.3 is 9.52 Å². The summed E-state index contributed by atoms with van der Waals surface area (Å²) >= 11 is 0. The molecule has 0 radical (unpaired) electrons. The highest BCUT2D eigenvalue weighted by atomic mass is 16.4. The number of carbonyl (C=O) groups is 1. The number of carboxylic acid groups (broad SMARTS) is 1. The predicted octanol–water partition coefficient (Wildman–Crippen LogP) is 1.95. The van der Waals surface area contributed by atoms with Gasteiger partial charge in [0.1, 0.15) is 5.76 Å². The number of carboxylic acids is 1. The number of rotatable bonds is 3. The van der Waals surface area contributed by atoms with Gasteiger partial charge in [-0.25, -0.2) is 4.79 Å². The summed E-state index contributed by atoms with van der Waals surface area (Å²) in [7, 11) is 0. The van der Waals surface area contributed by atoms with E-state index in [-0.39, 0.29) is 5.76 Å². The first kappa shape index (κ1) is 13.6. The summed E-state index contributed by atoms with van der Waals surface area (Å²) in [5.74, 6) is -0.221. The molecule has 1 aromatic rings. The molecule has 3 rings (SSSR count). The van der Waals surface area contributed by atoms with Crippen LogP contribution in [0, 0.1) is 6.92 Å². The van der Waals surface area contributed by atoms with Crippen LogP contribution in [0.3, 0.4) is 0 Å². The molecule has 0 amide bonds. The van der Waals surface area contributed by atoms with Crippen molar-refractivity contribution in [2.24, 2.45) is 0 Å². The molecule has 20 heavy (non-hydrogen) atoms. The maximum atomic E-state index is 11.0. The van der Waals surface area contributed by atoms with Gasteiger partial charge in [0.2, 0.25) is 5.76 Å². The second-order valence-electron chi connectivity index (χ2n) is 6.07. The van der Waals surface area contributed by atoms with Crippen LogP contribution < -0.4 is 0 Å². The summed E-state index contributed by atoms with van der Waals surface area (Å²) < 4.78 is 5.30. The summed E-state index contributed by atoms with van der Waals surface area (Å²) in [4.78, 5) is 16.0. The molecule has 1 N–H and O–H groups in total. The summed E-state index contributed by atoms with van der Waals surface area (Å²) in [6, 6.07) is 2.86. The van der Waals surface area contributed by atoms with E-state index in [4.69, 9.17) is 9.52 Å². The smallest absolute Gasteiger partial charge is 0.371 e. The van der Waals surface area contributed by atoms with Gasteiger partial charge >= 0.3 is 5.97 Å². The minimum Gasteiger partial charge on any atom is -0.475 e. The van der Waals surface area contributed by atoms with E-state index in [1.165, 1.54) is 19.4 Å². The quantitative estimate of drug-likeness (QED) is 0.916. The lowest BCUT2D eigenvalue weighted by molar-refractivity contribution is 0.0537. The minimum absolute atomic E-state index is 0.0460. The van der Waals surface area contributed by atoms with Gasteiger partial charge in [0.05, 0.1) is 0 Å². The van der Waals surface area contributed by atoms with E-state index in [2.05, 4.69) is 16.7 Å². The molecule has 0 spiro atoms. The normalized spacial score (nSPS) is 27.7. The molecule has 2 atom stereocenters. The maximum Gasteiger partial charge on any atom is 0.371 e. The molecule has 2 fully saturated rings. The van der Waals surface area contributed by atoms with Crippen molar-refractivity contribution in [1.29, 1.82) is 0 Å². The average molecular weight is 278 g/mol. The molecule has 2 aliphatic heterocycles. The number of piperazine rings is 1. The van der Waals surface area contributed by atoms with E-state index in [0.29, 0.717) is 12.1 Å². The Balaban J connectivity index is 1.72. The van der Waals surface area contributed by atoms with Crippen molar-refractivity contribution in [2.75, 3.05) is 19.6 Å². The van der Waals surface area contributed by atoms with Gasteiger partial charge in [-0.3, -0.25) is 9.80 Å². The molecular weight excluding hydrogens is 256 g/mol. The van der Waals surface area contributed by atoms with Crippen LogP contribution in [0.15, 0.2) is 10.5 Å². The molecule has 5 heteroatoms. The summed E-state index contributed by atoms with van der Waals surface area (Å²) in [6.07, 6.45) is 2.59. The lowest BCUT2D eigenvalue weighted by atomic mass is 10.1. The molecule has 110 valence electrons.